The van der Waals surface area contributed by atoms with E-state index in [4.69, 9.17) is 23.2 Å². The molecule has 0 aliphatic rings. The number of alkyl halides is 1. The lowest BCUT2D eigenvalue weighted by molar-refractivity contribution is -0.121. The summed E-state index contributed by atoms with van der Waals surface area (Å²) in [6.45, 7) is 3.76. The van der Waals surface area contributed by atoms with Crippen LogP contribution in [0.5, 0.6) is 0 Å². The molecule has 88 valence electrons. The van der Waals surface area contributed by atoms with Gasteiger partial charge in [0, 0.05) is 15.5 Å². The zero-order valence-electron chi connectivity index (χ0n) is 8.93. The number of rotatable bonds is 3. The minimum atomic E-state index is -0.761. The molecule has 0 fully saturated rings. The van der Waals surface area contributed by atoms with Gasteiger partial charge in [-0.15, -0.1) is 11.6 Å². The Labute approximate surface area is 113 Å². The van der Waals surface area contributed by atoms with Crippen LogP contribution in [-0.2, 0) is 4.79 Å². The topological polar surface area (TPSA) is 29.1 Å². The fourth-order valence-corrected chi connectivity index (χ4v) is 2.30. The third kappa shape index (κ3) is 3.65. The lowest BCUT2D eigenvalue weighted by Crippen LogP contribution is -2.32. The average Bonchev–Trinajstić information content (AvgIpc) is 2.15. The van der Waals surface area contributed by atoms with Crippen molar-refractivity contribution in [1.29, 1.82) is 0 Å². The van der Waals surface area contributed by atoms with Gasteiger partial charge in [-0.05, 0) is 31.5 Å². The Balaban J connectivity index is 2.87. The van der Waals surface area contributed by atoms with Crippen LogP contribution in [0, 0.1) is 0 Å². The SMILES string of the molecule is CC(C)NC(=O)C(Cl)c1ccc(Br)cc1Cl. The molecular weight excluding hydrogens is 313 g/mol. The minimum absolute atomic E-state index is 0.0583. The zero-order chi connectivity index (χ0) is 12.3. The molecule has 1 unspecified atom stereocenters. The fourth-order valence-electron chi connectivity index (χ4n) is 1.21. The first-order valence-corrected chi connectivity index (χ1v) is 6.42. The number of nitrogens with one attached hydrogen (secondary N) is 1. The summed E-state index contributed by atoms with van der Waals surface area (Å²) in [5.74, 6) is -0.235. The minimum Gasteiger partial charge on any atom is -0.352 e. The summed E-state index contributed by atoms with van der Waals surface area (Å²) >= 11 is 15.4. The van der Waals surface area contributed by atoms with Crippen molar-refractivity contribution in [3.8, 4) is 0 Å². The molecule has 1 amide bonds. The molecule has 1 aromatic carbocycles. The third-order valence-corrected chi connectivity index (χ3v) is 3.15. The summed E-state index contributed by atoms with van der Waals surface area (Å²) < 4.78 is 0.856. The summed E-state index contributed by atoms with van der Waals surface area (Å²) in [6, 6.07) is 5.32. The lowest BCUT2D eigenvalue weighted by atomic mass is 10.1. The standard InChI is InChI=1S/C11H12BrCl2NO/c1-6(2)15-11(16)10(14)8-4-3-7(12)5-9(8)13/h3-6,10H,1-2H3,(H,15,16). The summed E-state index contributed by atoms with van der Waals surface area (Å²) in [4.78, 5) is 11.7. The van der Waals surface area contributed by atoms with Crippen molar-refractivity contribution in [3.05, 3.63) is 33.3 Å². The maximum atomic E-state index is 11.7. The van der Waals surface area contributed by atoms with Crippen LogP contribution in [0.2, 0.25) is 5.02 Å². The first kappa shape index (κ1) is 13.8. The molecular formula is C11H12BrCl2NO. The number of carbonyl (C=O) groups is 1. The van der Waals surface area contributed by atoms with Crippen LogP contribution < -0.4 is 5.32 Å². The Morgan fingerprint density at radius 3 is 2.56 bits per heavy atom. The van der Waals surface area contributed by atoms with E-state index in [0.29, 0.717) is 10.6 Å². The Hall–Kier alpha value is -0.250. The van der Waals surface area contributed by atoms with Crippen molar-refractivity contribution < 1.29 is 4.79 Å². The van der Waals surface area contributed by atoms with Crippen molar-refractivity contribution in [1.82, 2.24) is 5.32 Å². The van der Waals surface area contributed by atoms with Crippen molar-refractivity contribution in [2.75, 3.05) is 0 Å². The highest BCUT2D eigenvalue weighted by molar-refractivity contribution is 9.10. The van der Waals surface area contributed by atoms with Gasteiger partial charge in [-0.2, -0.15) is 0 Å². The van der Waals surface area contributed by atoms with Crippen LogP contribution in [-0.4, -0.2) is 11.9 Å². The molecule has 0 saturated carbocycles. The first-order chi connectivity index (χ1) is 7.41. The largest absolute Gasteiger partial charge is 0.352 e. The molecule has 0 radical (unpaired) electrons. The van der Waals surface area contributed by atoms with E-state index in [1.165, 1.54) is 0 Å². The highest BCUT2D eigenvalue weighted by Crippen LogP contribution is 2.30. The van der Waals surface area contributed by atoms with Gasteiger partial charge >= 0.3 is 0 Å². The second-order valence-corrected chi connectivity index (χ2v) is 5.45. The summed E-state index contributed by atoms with van der Waals surface area (Å²) in [6.07, 6.45) is 0. The van der Waals surface area contributed by atoms with E-state index in [0.717, 1.165) is 4.47 Å². The number of amides is 1. The highest BCUT2D eigenvalue weighted by atomic mass is 79.9. The molecule has 0 heterocycles. The predicted molar refractivity (Wildman–Crippen MR) is 71.0 cm³/mol. The Morgan fingerprint density at radius 1 is 1.44 bits per heavy atom. The van der Waals surface area contributed by atoms with Gasteiger partial charge in [0.1, 0.15) is 5.38 Å². The predicted octanol–water partition coefficient (Wildman–Crippen LogP) is 3.91. The van der Waals surface area contributed by atoms with E-state index in [2.05, 4.69) is 21.2 Å². The van der Waals surface area contributed by atoms with Gasteiger partial charge in [-0.25, -0.2) is 0 Å². The van der Waals surface area contributed by atoms with Gasteiger partial charge in [0.2, 0.25) is 5.91 Å². The molecule has 1 aromatic rings. The second-order valence-electron chi connectivity index (χ2n) is 3.69. The third-order valence-electron chi connectivity index (χ3n) is 1.90. The first-order valence-electron chi connectivity index (χ1n) is 4.81. The van der Waals surface area contributed by atoms with Crippen molar-refractivity contribution in [2.24, 2.45) is 0 Å². The molecule has 0 aliphatic heterocycles. The summed E-state index contributed by atoms with van der Waals surface area (Å²) in [5.41, 5.74) is 0.615. The Morgan fingerprint density at radius 2 is 2.06 bits per heavy atom. The molecule has 2 nitrogen and oxygen atoms in total. The number of benzene rings is 1. The molecule has 0 aromatic heterocycles. The van der Waals surface area contributed by atoms with Crippen LogP contribution >= 0.6 is 39.1 Å². The number of carbonyl (C=O) groups excluding carboxylic acids is 1. The van der Waals surface area contributed by atoms with Gasteiger partial charge in [0.05, 0.1) is 0 Å². The lowest BCUT2D eigenvalue weighted by Gasteiger charge is -2.14. The molecule has 0 bridgehead atoms. The Kier molecular flexibility index (Phi) is 5.09. The maximum Gasteiger partial charge on any atom is 0.242 e. The summed E-state index contributed by atoms with van der Waals surface area (Å²) in [5, 5.41) is 2.46. The number of hydrogen-bond acceptors (Lipinski definition) is 1. The van der Waals surface area contributed by atoms with Crippen molar-refractivity contribution in [3.63, 3.8) is 0 Å². The van der Waals surface area contributed by atoms with E-state index in [1.54, 1.807) is 18.2 Å². The number of hydrogen-bond donors (Lipinski definition) is 1. The van der Waals surface area contributed by atoms with Crippen molar-refractivity contribution in [2.45, 2.75) is 25.3 Å². The van der Waals surface area contributed by atoms with Gasteiger partial charge in [-0.3, -0.25) is 4.79 Å². The molecule has 16 heavy (non-hydrogen) atoms. The van der Waals surface area contributed by atoms with E-state index < -0.39 is 5.38 Å². The smallest absolute Gasteiger partial charge is 0.242 e. The number of halogens is 3. The second kappa shape index (κ2) is 5.89. The summed E-state index contributed by atoms with van der Waals surface area (Å²) in [7, 11) is 0. The normalized spacial score (nSPS) is 12.6. The average molecular weight is 325 g/mol. The van der Waals surface area contributed by atoms with Gasteiger partial charge in [-0.1, -0.05) is 33.6 Å². The highest BCUT2D eigenvalue weighted by Gasteiger charge is 2.20. The van der Waals surface area contributed by atoms with Crippen LogP contribution in [0.25, 0.3) is 0 Å². The van der Waals surface area contributed by atoms with E-state index in [9.17, 15) is 4.79 Å². The molecule has 5 heteroatoms. The van der Waals surface area contributed by atoms with Crippen LogP contribution in [0.1, 0.15) is 24.8 Å². The van der Waals surface area contributed by atoms with E-state index in [1.807, 2.05) is 13.8 Å². The van der Waals surface area contributed by atoms with Gasteiger partial charge in [0.15, 0.2) is 0 Å². The molecule has 0 spiro atoms. The van der Waals surface area contributed by atoms with Gasteiger partial charge < -0.3 is 5.32 Å². The van der Waals surface area contributed by atoms with E-state index >= 15 is 0 Å². The quantitative estimate of drug-likeness (QED) is 0.839. The molecule has 1 atom stereocenters. The van der Waals surface area contributed by atoms with Crippen LogP contribution in [0.4, 0.5) is 0 Å². The van der Waals surface area contributed by atoms with Gasteiger partial charge in [0.25, 0.3) is 0 Å². The Bertz CT molecular complexity index is 396. The monoisotopic (exact) mass is 323 g/mol. The van der Waals surface area contributed by atoms with Crippen LogP contribution in [0.3, 0.4) is 0 Å². The molecule has 0 aliphatic carbocycles. The van der Waals surface area contributed by atoms with Crippen molar-refractivity contribution >= 4 is 45.0 Å². The van der Waals surface area contributed by atoms with Crippen LogP contribution in [0.15, 0.2) is 22.7 Å². The molecule has 0 saturated heterocycles. The maximum absolute atomic E-state index is 11.7. The molecule has 1 N–H and O–H groups in total. The zero-order valence-corrected chi connectivity index (χ0v) is 12.0. The fraction of sp³-hybridized carbons (Fsp3) is 0.364. The molecule has 1 rings (SSSR count). The van der Waals surface area contributed by atoms with E-state index in [-0.39, 0.29) is 11.9 Å².